The van der Waals surface area contributed by atoms with E-state index in [0.717, 1.165) is 6.92 Å². The van der Waals surface area contributed by atoms with E-state index in [2.05, 4.69) is 5.32 Å². The van der Waals surface area contributed by atoms with Crippen molar-refractivity contribution < 1.29 is 67.8 Å². The summed E-state index contributed by atoms with van der Waals surface area (Å²) in [6.45, 7) is 8.21. The Bertz CT molecular complexity index is 2260. The standard InChI is InChI=1S/C47H51NO14/c1-24-32-39(59-25(2)49)41(54)46(6)30(51)22-31-47(23-58-31,62-26(3)50)40(46)38(61-43(56)29-20-14-9-15-21-29)33(45(32,4)5)35(52)37(24)60-44(57)36(53)34(27-16-10-7-11-17-27)48-42(55)28-18-12-8-13-19-28/h7-21,30-31,33-40,51-53H,22-23H2,1-6H3,(H,48,55)/t30-,31+,33?,34-,35+,36+,37+,38+,39+,40-,46+,47-/m0/s1. The lowest BCUT2D eigenvalue weighted by atomic mass is 9.45. The molecular formula is C47H51NO14. The fourth-order valence-electron chi connectivity index (χ4n) is 10.4. The molecule has 1 saturated heterocycles. The number of nitrogens with one attached hydrogen (secondary N) is 1. The summed E-state index contributed by atoms with van der Waals surface area (Å²) >= 11 is 0. The van der Waals surface area contributed by atoms with Crippen molar-refractivity contribution >= 4 is 35.6 Å². The largest absolute Gasteiger partial charge is 0.458 e. The lowest BCUT2D eigenvalue weighted by Gasteiger charge is -2.66. The first-order valence-corrected chi connectivity index (χ1v) is 20.5. The fraction of sp³-hybridized carbons (Fsp3) is 0.447. The van der Waals surface area contributed by atoms with Crippen LogP contribution in [-0.2, 0) is 42.9 Å². The molecule has 3 aliphatic carbocycles. The van der Waals surface area contributed by atoms with Crippen molar-refractivity contribution in [1.82, 2.24) is 5.32 Å². The maximum Gasteiger partial charge on any atom is 0.338 e. The van der Waals surface area contributed by atoms with E-state index >= 15 is 4.79 Å². The van der Waals surface area contributed by atoms with Crippen LogP contribution in [0.1, 0.15) is 80.3 Å². The van der Waals surface area contributed by atoms with Crippen LogP contribution in [0.3, 0.4) is 0 Å². The second-order valence-corrected chi connectivity index (χ2v) is 17.3. The SMILES string of the molecule is CC(=O)O[C@H]1C(=O)[C@@]2(C)[C@H]([C@H](OC(=O)c3ccccc3)C3[C@@H](O)[C@H](OC(=O)[C@H](O)[C@@H](NC(=O)c4ccccc4)c4ccccc4)C(C)=C1C3(C)C)[C@]1(OC(C)=O)CO[C@@H]1C[C@@H]2O. The van der Waals surface area contributed by atoms with Gasteiger partial charge in [0.25, 0.3) is 5.91 Å². The minimum absolute atomic E-state index is 0.0866. The number of rotatable bonds is 10. The van der Waals surface area contributed by atoms with Crippen molar-refractivity contribution in [2.24, 2.45) is 22.7 Å². The molecule has 7 rings (SSSR count). The van der Waals surface area contributed by atoms with Crippen molar-refractivity contribution in [2.75, 3.05) is 6.61 Å². The third-order valence-electron chi connectivity index (χ3n) is 13.3. The molecule has 0 aromatic heterocycles. The van der Waals surface area contributed by atoms with Gasteiger partial charge >= 0.3 is 23.9 Å². The number of aliphatic hydroxyl groups excluding tert-OH is 3. The predicted octanol–water partition coefficient (Wildman–Crippen LogP) is 3.59. The van der Waals surface area contributed by atoms with Crippen LogP contribution in [0, 0.1) is 22.7 Å². The molecule has 1 unspecified atom stereocenters. The van der Waals surface area contributed by atoms with Gasteiger partial charge in [-0.1, -0.05) is 80.6 Å². The van der Waals surface area contributed by atoms with Gasteiger partial charge in [-0.2, -0.15) is 0 Å². The topological polar surface area (TPSA) is 221 Å². The normalized spacial score (nSPS) is 31.9. The van der Waals surface area contributed by atoms with Gasteiger partial charge in [-0.3, -0.25) is 19.2 Å². The molecule has 4 aliphatic rings. The molecule has 15 nitrogen and oxygen atoms in total. The van der Waals surface area contributed by atoms with Crippen LogP contribution < -0.4 is 5.32 Å². The number of fused-ring (bicyclic) bond motifs is 5. The first-order chi connectivity index (χ1) is 29.3. The molecule has 1 heterocycles. The van der Waals surface area contributed by atoms with Crippen molar-refractivity contribution in [3.05, 3.63) is 119 Å². The number of amides is 1. The van der Waals surface area contributed by atoms with Gasteiger partial charge in [-0.15, -0.1) is 0 Å². The molecule has 3 fully saturated rings. The highest BCUT2D eigenvalue weighted by atomic mass is 16.6. The summed E-state index contributed by atoms with van der Waals surface area (Å²) in [7, 11) is 0. The highest BCUT2D eigenvalue weighted by Gasteiger charge is 2.76. The third kappa shape index (κ3) is 7.50. The van der Waals surface area contributed by atoms with Crippen LogP contribution in [0.15, 0.2) is 102 Å². The first-order valence-electron chi connectivity index (χ1n) is 20.5. The molecule has 0 spiro atoms. The molecule has 2 saturated carbocycles. The summed E-state index contributed by atoms with van der Waals surface area (Å²) in [6, 6.07) is 22.9. The molecule has 328 valence electrons. The zero-order valence-corrected chi connectivity index (χ0v) is 35.2. The quantitative estimate of drug-likeness (QED) is 0.130. The number of Topliss-reactive ketones (excluding diaryl/α,β-unsaturated/α-hetero) is 1. The summed E-state index contributed by atoms with van der Waals surface area (Å²) < 4.78 is 30.3. The average molecular weight is 854 g/mol. The van der Waals surface area contributed by atoms with Crippen molar-refractivity contribution in [1.29, 1.82) is 0 Å². The third-order valence-corrected chi connectivity index (χ3v) is 13.3. The average Bonchev–Trinajstić information content (AvgIpc) is 3.23. The molecular weight excluding hydrogens is 803 g/mol. The molecule has 2 bridgehead atoms. The van der Waals surface area contributed by atoms with Crippen LogP contribution in [0.2, 0.25) is 0 Å². The summed E-state index contributed by atoms with van der Waals surface area (Å²) in [5.74, 6) is -8.02. The van der Waals surface area contributed by atoms with E-state index in [1.807, 2.05) is 0 Å². The number of carbonyl (C=O) groups is 6. The molecule has 0 radical (unpaired) electrons. The summed E-state index contributed by atoms with van der Waals surface area (Å²) in [5.41, 5.74) is -4.25. The zero-order chi connectivity index (χ0) is 44.9. The molecule has 1 aliphatic heterocycles. The molecule has 3 aromatic rings. The van der Waals surface area contributed by atoms with Gasteiger partial charge in [-0.05, 0) is 60.2 Å². The Kier molecular flexibility index (Phi) is 12.0. The minimum atomic E-state index is -2.07. The van der Waals surface area contributed by atoms with Crippen LogP contribution in [0.5, 0.6) is 0 Å². The van der Waals surface area contributed by atoms with Crippen LogP contribution in [0.25, 0.3) is 0 Å². The second-order valence-electron chi connectivity index (χ2n) is 17.3. The Morgan fingerprint density at radius 1 is 0.806 bits per heavy atom. The van der Waals surface area contributed by atoms with Gasteiger partial charge < -0.3 is 44.3 Å². The van der Waals surface area contributed by atoms with E-state index in [-0.39, 0.29) is 35.3 Å². The zero-order valence-electron chi connectivity index (χ0n) is 35.2. The van der Waals surface area contributed by atoms with E-state index in [4.69, 9.17) is 23.7 Å². The predicted molar refractivity (Wildman–Crippen MR) is 218 cm³/mol. The minimum Gasteiger partial charge on any atom is -0.458 e. The van der Waals surface area contributed by atoms with E-state index in [0.29, 0.717) is 5.56 Å². The van der Waals surface area contributed by atoms with Gasteiger partial charge in [0.15, 0.2) is 23.6 Å². The van der Waals surface area contributed by atoms with Gasteiger partial charge in [0, 0.05) is 31.7 Å². The Labute approximate surface area is 358 Å². The van der Waals surface area contributed by atoms with Gasteiger partial charge in [0.2, 0.25) is 0 Å². The number of aliphatic hydroxyl groups is 3. The summed E-state index contributed by atoms with van der Waals surface area (Å²) in [5, 5.41) is 39.3. The molecule has 1 amide bonds. The Hall–Kier alpha value is -5.74. The first kappa shape index (κ1) is 44.3. The van der Waals surface area contributed by atoms with E-state index in [1.54, 1.807) is 92.7 Å². The van der Waals surface area contributed by atoms with Gasteiger partial charge in [0.05, 0.1) is 35.6 Å². The Morgan fingerprint density at radius 3 is 1.94 bits per heavy atom. The molecule has 15 heteroatoms. The monoisotopic (exact) mass is 853 g/mol. The Morgan fingerprint density at radius 2 is 1.39 bits per heavy atom. The van der Waals surface area contributed by atoms with Crippen LogP contribution >= 0.6 is 0 Å². The molecule has 4 N–H and O–H groups in total. The van der Waals surface area contributed by atoms with E-state index in [1.165, 1.54) is 32.9 Å². The summed E-state index contributed by atoms with van der Waals surface area (Å²) in [6.07, 6.45) is -11.6. The molecule has 3 aromatic carbocycles. The Balaban J connectivity index is 1.39. The van der Waals surface area contributed by atoms with Gasteiger partial charge in [0.1, 0.15) is 24.4 Å². The number of hydrogen-bond acceptors (Lipinski definition) is 14. The molecule has 62 heavy (non-hydrogen) atoms. The maximum absolute atomic E-state index is 15.5. The highest BCUT2D eigenvalue weighted by molar-refractivity contribution is 5.96. The summed E-state index contributed by atoms with van der Waals surface area (Å²) in [4.78, 5) is 83.5. The second kappa shape index (κ2) is 16.9. The van der Waals surface area contributed by atoms with E-state index in [9.17, 15) is 39.3 Å². The van der Waals surface area contributed by atoms with E-state index < -0.39 is 113 Å². The lowest BCUT2D eigenvalue weighted by molar-refractivity contribution is -0.337. The number of esters is 4. The number of hydrogen-bond donors (Lipinski definition) is 4. The van der Waals surface area contributed by atoms with Crippen molar-refractivity contribution in [3.8, 4) is 0 Å². The highest BCUT2D eigenvalue weighted by Crippen LogP contribution is 2.63. The number of carbonyl (C=O) groups excluding carboxylic acids is 6. The van der Waals surface area contributed by atoms with Gasteiger partial charge in [-0.25, -0.2) is 9.59 Å². The number of ether oxygens (including phenoxy) is 5. The van der Waals surface area contributed by atoms with Crippen molar-refractivity contribution in [2.45, 2.75) is 102 Å². The smallest absolute Gasteiger partial charge is 0.338 e. The van der Waals surface area contributed by atoms with Crippen LogP contribution in [0.4, 0.5) is 0 Å². The maximum atomic E-state index is 15.5. The van der Waals surface area contributed by atoms with Crippen LogP contribution in [-0.4, -0.2) is 106 Å². The molecule has 12 atom stereocenters. The number of benzene rings is 3. The van der Waals surface area contributed by atoms with Crippen molar-refractivity contribution in [3.63, 3.8) is 0 Å². The lowest BCUT2D eigenvalue weighted by Crippen LogP contribution is -2.80. The fourth-order valence-corrected chi connectivity index (χ4v) is 10.4. The number of ketones is 1.